The highest BCUT2D eigenvalue weighted by Gasteiger charge is 2.41. The molecular weight excluding hydrogens is 388 g/mol. The number of aryl methyl sites for hydroxylation is 1. The van der Waals surface area contributed by atoms with Gasteiger partial charge in [0.15, 0.2) is 5.11 Å². The van der Waals surface area contributed by atoms with Crippen LogP contribution in [0.4, 0.5) is 0 Å². The van der Waals surface area contributed by atoms with E-state index >= 15 is 0 Å². The van der Waals surface area contributed by atoms with Gasteiger partial charge in [-0.2, -0.15) is 0 Å². The normalized spacial score (nSPS) is 18.8. The van der Waals surface area contributed by atoms with Crippen LogP contribution in [0.25, 0.3) is 0 Å². The van der Waals surface area contributed by atoms with E-state index in [0.29, 0.717) is 18.3 Å². The number of esters is 1. The van der Waals surface area contributed by atoms with Crippen molar-refractivity contribution in [3.63, 3.8) is 0 Å². The highest BCUT2D eigenvalue weighted by Crippen LogP contribution is 2.40. The fraction of sp³-hybridized carbons (Fsp3) is 0.476. The van der Waals surface area contributed by atoms with Gasteiger partial charge in [-0.25, -0.2) is 0 Å². The Labute approximate surface area is 177 Å². The van der Waals surface area contributed by atoms with Gasteiger partial charge >= 0.3 is 5.97 Å². The first-order valence-corrected chi connectivity index (χ1v) is 10.1. The monoisotopic (exact) mass is 416 g/mol. The first-order chi connectivity index (χ1) is 14.0. The number of ether oxygens (including phenoxy) is 2. The van der Waals surface area contributed by atoms with Gasteiger partial charge in [0, 0.05) is 37.8 Å². The lowest BCUT2D eigenvalue weighted by Gasteiger charge is -2.28. The summed E-state index contributed by atoms with van der Waals surface area (Å²) in [7, 11) is 3.11. The maximum atomic E-state index is 11.8. The molecule has 2 atom stereocenters. The zero-order chi connectivity index (χ0) is 21.0. The molecule has 8 heteroatoms. The molecule has 1 N–H and O–H groups in total. The molecule has 0 aromatic carbocycles. The molecule has 1 fully saturated rings. The molecule has 29 heavy (non-hydrogen) atoms. The average Bonchev–Trinajstić information content (AvgIpc) is 3.20. The molecule has 0 bridgehead atoms. The minimum Gasteiger partial charge on any atom is -0.469 e. The molecule has 3 rings (SSSR count). The van der Waals surface area contributed by atoms with Crippen LogP contribution in [-0.2, 0) is 20.8 Å². The summed E-state index contributed by atoms with van der Waals surface area (Å²) in [5.41, 5.74) is 4.42. The third-order valence-electron chi connectivity index (χ3n) is 5.43. The van der Waals surface area contributed by atoms with Crippen molar-refractivity contribution in [1.82, 2.24) is 19.8 Å². The second kappa shape index (κ2) is 9.37. The van der Waals surface area contributed by atoms with Gasteiger partial charge in [-0.3, -0.25) is 9.78 Å². The number of hydrogen-bond donors (Lipinski definition) is 1. The lowest BCUT2D eigenvalue weighted by atomic mass is 9.96. The Kier molecular flexibility index (Phi) is 6.87. The number of pyridine rings is 1. The Morgan fingerprint density at radius 1 is 1.28 bits per heavy atom. The van der Waals surface area contributed by atoms with Crippen LogP contribution in [0.15, 0.2) is 30.5 Å². The largest absolute Gasteiger partial charge is 0.469 e. The molecule has 1 saturated heterocycles. The highest BCUT2D eigenvalue weighted by atomic mass is 32.1. The van der Waals surface area contributed by atoms with Crippen LogP contribution in [-0.4, -0.2) is 52.9 Å². The lowest BCUT2D eigenvalue weighted by Crippen LogP contribution is -2.32. The predicted molar refractivity (Wildman–Crippen MR) is 115 cm³/mol. The Hall–Kier alpha value is -2.45. The quantitative estimate of drug-likeness (QED) is 0.524. The van der Waals surface area contributed by atoms with Crippen molar-refractivity contribution in [2.45, 2.75) is 38.9 Å². The highest BCUT2D eigenvalue weighted by molar-refractivity contribution is 7.80. The second-order valence-electron chi connectivity index (χ2n) is 7.12. The minimum absolute atomic E-state index is 0.0652. The minimum atomic E-state index is -0.251. The van der Waals surface area contributed by atoms with Crippen LogP contribution in [0.3, 0.4) is 0 Å². The topological polar surface area (TPSA) is 68.6 Å². The summed E-state index contributed by atoms with van der Waals surface area (Å²) in [5.74, 6) is -0.251. The van der Waals surface area contributed by atoms with Crippen LogP contribution in [0.5, 0.6) is 0 Å². The summed E-state index contributed by atoms with van der Waals surface area (Å²) in [4.78, 5) is 18.4. The van der Waals surface area contributed by atoms with Crippen LogP contribution in [0, 0.1) is 13.8 Å². The van der Waals surface area contributed by atoms with Gasteiger partial charge < -0.3 is 24.3 Å². The Bertz CT molecular complexity index is 868. The molecule has 3 heterocycles. The zero-order valence-electron chi connectivity index (χ0n) is 17.3. The van der Waals surface area contributed by atoms with Crippen LogP contribution < -0.4 is 5.32 Å². The number of carbonyl (C=O) groups excluding carboxylic acids is 1. The van der Waals surface area contributed by atoms with Crippen molar-refractivity contribution in [3.05, 3.63) is 53.1 Å². The molecule has 1 aliphatic heterocycles. The van der Waals surface area contributed by atoms with Gasteiger partial charge in [0.25, 0.3) is 0 Å². The molecule has 0 radical (unpaired) electrons. The Morgan fingerprint density at radius 3 is 2.72 bits per heavy atom. The molecule has 2 aromatic heterocycles. The first kappa shape index (κ1) is 21.3. The van der Waals surface area contributed by atoms with Crippen molar-refractivity contribution < 1.29 is 14.3 Å². The molecular formula is C21H28N4O3S. The molecule has 0 spiro atoms. The Balaban J connectivity index is 2.00. The predicted octanol–water partition coefficient (Wildman–Crippen LogP) is 2.68. The second-order valence-corrected chi connectivity index (χ2v) is 7.50. The summed E-state index contributed by atoms with van der Waals surface area (Å²) in [6, 6.07) is 7.91. The van der Waals surface area contributed by atoms with Gasteiger partial charge in [-0.05, 0) is 49.8 Å². The smallest absolute Gasteiger partial charge is 0.307 e. The standard InChI is InChI=1S/C21H28N4O3S/c1-14-13-16(15(2)24(14)11-12-27-3)20-19(17-7-5-6-9-22-17)23-21(29)25(20)10-8-18(26)28-4/h5-7,9,13,19-20H,8,10-12H2,1-4H3,(H,23,29)/t19-,20+/m1/s1. The third-order valence-corrected chi connectivity index (χ3v) is 5.79. The van der Waals surface area contributed by atoms with E-state index in [-0.39, 0.29) is 24.5 Å². The van der Waals surface area contributed by atoms with Gasteiger partial charge in [0.2, 0.25) is 0 Å². The molecule has 156 valence electrons. The zero-order valence-corrected chi connectivity index (χ0v) is 18.2. The van der Waals surface area contributed by atoms with Crippen LogP contribution >= 0.6 is 12.2 Å². The van der Waals surface area contributed by atoms with Crippen molar-refractivity contribution in [2.75, 3.05) is 27.4 Å². The fourth-order valence-electron chi connectivity index (χ4n) is 3.95. The summed E-state index contributed by atoms with van der Waals surface area (Å²) in [6.45, 7) is 6.13. The molecule has 2 aromatic rings. The van der Waals surface area contributed by atoms with E-state index in [2.05, 4.69) is 39.7 Å². The molecule has 0 unspecified atom stereocenters. The fourth-order valence-corrected chi connectivity index (χ4v) is 4.28. The third kappa shape index (κ3) is 4.43. The summed E-state index contributed by atoms with van der Waals surface area (Å²) >= 11 is 5.64. The number of methoxy groups -OCH3 is 2. The van der Waals surface area contributed by atoms with E-state index in [0.717, 1.165) is 12.2 Å². The van der Waals surface area contributed by atoms with Gasteiger partial charge in [0.1, 0.15) is 0 Å². The van der Waals surface area contributed by atoms with Gasteiger partial charge in [-0.1, -0.05) is 6.07 Å². The van der Waals surface area contributed by atoms with Crippen molar-refractivity contribution >= 4 is 23.3 Å². The summed E-state index contributed by atoms with van der Waals surface area (Å²) in [6.07, 6.45) is 2.06. The van der Waals surface area contributed by atoms with E-state index in [1.165, 1.54) is 24.1 Å². The number of thiocarbonyl (C=S) groups is 1. The van der Waals surface area contributed by atoms with Gasteiger partial charge in [0.05, 0.1) is 37.9 Å². The van der Waals surface area contributed by atoms with Crippen molar-refractivity contribution in [1.29, 1.82) is 0 Å². The number of nitrogens with one attached hydrogen (secondary N) is 1. The number of aromatic nitrogens is 2. The Morgan fingerprint density at radius 2 is 2.07 bits per heavy atom. The molecule has 7 nitrogen and oxygen atoms in total. The number of rotatable bonds is 8. The van der Waals surface area contributed by atoms with Crippen molar-refractivity contribution in [2.24, 2.45) is 0 Å². The lowest BCUT2D eigenvalue weighted by molar-refractivity contribution is -0.140. The van der Waals surface area contributed by atoms with E-state index in [4.69, 9.17) is 21.7 Å². The van der Waals surface area contributed by atoms with E-state index in [9.17, 15) is 4.79 Å². The number of nitrogens with zero attached hydrogens (tertiary/aromatic N) is 3. The van der Waals surface area contributed by atoms with Crippen molar-refractivity contribution in [3.8, 4) is 0 Å². The SMILES string of the molecule is COCCn1c(C)cc([C@H]2[C@@H](c3ccccn3)NC(=S)N2CCC(=O)OC)c1C. The van der Waals surface area contributed by atoms with E-state index in [1.807, 2.05) is 18.2 Å². The molecule has 0 amide bonds. The maximum absolute atomic E-state index is 11.8. The summed E-state index contributed by atoms with van der Waals surface area (Å²) in [5, 5.41) is 4.04. The number of carbonyl (C=O) groups is 1. The van der Waals surface area contributed by atoms with Crippen LogP contribution in [0.2, 0.25) is 0 Å². The number of hydrogen-bond acceptors (Lipinski definition) is 5. The van der Waals surface area contributed by atoms with Crippen LogP contribution in [0.1, 0.15) is 41.1 Å². The maximum Gasteiger partial charge on any atom is 0.307 e. The molecule has 0 aliphatic carbocycles. The van der Waals surface area contributed by atoms with E-state index < -0.39 is 0 Å². The average molecular weight is 417 g/mol. The summed E-state index contributed by atoms with van der Waals surface area (Å²) < 4.78 is 12.4. The van der Waals surface area contributed by atoms with E-state index in [1.54, 1.807) is 13.3 Å². The molecule has 0 saturated carbocycles. The van der Waals surface area contributed by atoms with Gasteiger partial charge in [-0.15, -0.1) is 0 Å². The first-order valence-electron chi connectivity index (χ1n) is 9.68. The molecule has 1 aliphatic rings.